The summed E-state index contributed by atoms with van der Waals surface area (Å²) in [4.78, 5) is 24.1. The van der Waals surface area contributed by atoms with Gasteiger partial charge in [0, 0.05) is 13.2 Å². The van der Waals surface area contributed by atoms with Gasteiger partial charge < -0.3 is 19.4 Å². The molecule has 22 heavy (non-hydrogen) atoms. The van der Waals surface area contributed by atoms with Gasteiger partial charge in [-0.1, -0.05) is 12.1 Å². The van der Waals surface area contributed by atoms with Gasteiger partial charge >= 0.3 is 5.97 Å². The Hall–Kier alpha value is -2.76. The highest BCUT2D eigenvalue weighted by molar-refractivity contribution is 5.97. The number of esters is 1. The molecule has 0 unspecified atom stereocenters. The van der Waals surface area contributed by atoms with Gasteiger partial charge in [0.15, 0.2) is 6.10 Å². The second-order valence-corrected chi connectivity index (χ2v) is 4.74. The molecule has 0 saturated heterocycles. The molecule has 0 aliphatic rings. The summed E-state index contributed by atoms with van der Waals surface area (Å²) in [6.07, 6.45) is 0.809. The lowest BCUT2D eigenvalue weighted by molar-refractivity contribution is -0.123. The van der Waals surface area contributed by atoms with E-state index in [0.717, 1.165) is 0 Å². The van der Waals surface area contributed by atoms with E-state index in [0.29, 0.717) is 17.1 Å². The van der Waals surface area contributed by atoms with Gasteiger partial charge in [-0.2, -0.15) is 0 Å². The van der Waals surface area contributed by atoms with Gasteiger partial charge in [0.05, 0.1) is 12.8 Å². The smallest absolute Gasteiger partial charge is 0.355 e. The maximum Gasteiger partial charge on any atom is 0.355 e. The molecular formula is C16H18N2O4. The first-order chi connectivity index (χ1) is 10.5. The molecule has 6 heteroatoms. The number of benzene rings is 1. The van der Waals surface area contributed by atoms with Gasteiger partial charge in [-0.05, 0) is 31.2 Å². The minimum Gasteiger partial charge on any atom is -0.495 e. The first-order valence-electron chi connectivity index (χ1n) is 6.79. The van der Waals surface area contributed by atoms with Crippen molar-refractivity contribution in [3.8, 4) is 5.75 Å². The number of methoxy groups -OCH3 is 1. The van der Waals surface area contributed by atoms with Gasteiger partial charge in [0.2, 0.25) is 0 Å². The van der Waals surface area contributed by atoms with Crippen molar-refractivity contribution in [1.29, 1.82) is 0 Å². The lowest BCUT2D eigenvalue weighted by Crippen LogP contribution is -2.30. The molecular weight excluding hydrogens is 284 g/mol. The molecule has 2 aromatic rings. The van der Waals surface area contributed by atoms with Crippen LogP contribution >= 0.6 is 0 Å². The molecule has 1 N–H and O–H groups in total. The highest BCUT2D eigenvalue weighted by Gasteiger charge is 2.21. The van der Waals surface area contributed by atoms with Crippen LogP contribution < -0.4 is 10.1 Å². The van der Waals surface area contributed by atoms with Crippen LogP contribution in [0.3, 0.4) is 0 Å². The molecule has 1 amide bonds. The summed E-state index contributed by atoms with van der Waals surface area (Å²) in [7, 11) is 3.25. The van der Waals surface area contributed by atoms with E-state index in [1.807, 2.05) is 0 Å². The minimum absolute atomic E-state index is 0.386. The predicted octanol–water partition coefficient (Wildman–Crippen LogP) is 2.22. The Morgan fingerprint density at radius 3 is 2.55 bits per heavy atom. The molecule has 1 heterocycles. The van der Waals surface area contributed by atoms with Crippen LogP contribution in [0.5, 0.6) is 5.75 Å². The number of nitrogens with one attached hydrogen (secondary N) is 1. The van der Waals surface area contributed by atoms with E-state index < -0.39 is 18.0 Å². The average molecular weight is 302 g/mol. The second kappa shape index (κ2) is 6.80. The summed E-state index contributed by atoms with van der Waals surface area (Å²) in [6, 6.07) is 10.4. The number of aryl methyl sites for hydroxylation is 1. The van der Waals surface area contributed by atoms with E-state index in [1.54, 1.807) is 54.2 Å². The van der Waals surface area contributed by atoms with Crippen molar-refractivity contribution in [1.82, 2.24) is 4.57 Å². The predicted molar refractivity (Wildman–Crippen MR) is 81.9 cm³/mol. The summed E-state index contributed by atoms with van der Waals surface area (Å²) < 4.78 is 12.0. The molecule has 0 aliphatic heterocycles. The van der Waals surface area contributed by atoms with Crippen molar-refractivity contribution < 1.29 is 19.1 Å². The number of aromatic nitrogens is 1. The zero-order valence-corrected chi connectivity index (χ0v) is 12.7. The van der Waals surface area contributed by atoms with Crippen LogP contribution in [0.25, 0.3) is 0 Å². The normalized spacial score (nSPS) is 11.6. The summed E-state index contributed by atoms with van der Waals surface area (Å²) in [6.45, 7) is 1.52. The fourth-order valence-corrected chi connectivity index (χ4v) is 1.93. The summed E-state index contributed by atoms with van der Waals surface area (Å²) in [5, 5.41) is 2.68. The Kier molecular flexibility index (Phi) is 4.83. The summed E-state index contributed by atoms with van der Waals surface area (Å²) in [5.41, 5.74) is 0.911. The first-order valence-corrected chi connectivity index (χ1v) is 6.79. The second-order valence-electron chi connectivity index (χ2n) is 4.74. The van der Waals surface area contributed by atoms with E-state index in [9.17, 15) is 9.59 Å². The van der Waals surface area contributed by atoms with Crippen LogP contribution in [0.4, 0.5) is 5.69 Å². The van der Waals surface area contributed by atoms with Crippen LogP contribution in [0.15, 0.2) is 42.6 Å². The Labute approximate surface area is 128 Å². The first kappa shape index (κ1) is 15.6. The zero-order valence-electron chi connectivity index (χ0n) is 12.7. The quantitative estimate of drug-likeness (QED) is 0.860. The number of para-hydroxylation sites is 2. The minimum atomic E-state index is -0.924. The third kappa shape index (κ3) is 3.46. The molecule has 0 spiro atoms. The van der Waals surface area contributed by atoms with Gasteiger partial charge in [-0.15, -0.1) is 0 Å². The van der Waals surface area contributed by atoms with Crippen molar-refractivity contribution in [3.63, 3.8) is 0 Å². The van der Waals surface area contributed by atoms with Crippen molar-refractivity contribution in [3.05, 3.63) is 48.3 Å². The molecule has 0 saturated carbocycles. The molecule has 0 radical (unpaired) electrons. The van der Waals surface area contributed by atoms with E-state index in [-0.39, 0.29) is 0 Å². The molecule has 0 fully saturated rings. The number of carbonyl (C=O) groups is 2. The fourth-order valence-electron chi connectivity index (χ4n) is 1.93. The fraction of sp³-hybridized carbons (Fsp3) is 0.250. The maximum atomic E-state index is 12.1. The SMILES string of the molecule is COc1ccccc1NC(=O)[C@H](C)OC(=O)c1cccn1C. The number of carbonyl (C=O) groups excluding carboxylic acids is 2. The third-order valence-electron chi connectivity index (χ3n) is 3.17. The molecule has 1 aromatic carbocycles. The molecule has 1 aromatic heterocycles. The number of nitrogens with zero attached hydrogens (tertiary/aromatic N) is 1. The highest BCUT2D eigenvalue weighted by atomic mass is 16.5. The van der Waals surface area contributed by atoms with Crippen LogP contribution in [0.1, 0.15) is 17.4 Å². The van der Waals surface area contributed by atoms with Crippen LogP contribution in [-0.4, -0.2) is 29.7 Å². The van der Waals surface area contributed by atoms with E-state index in [1.165, 1.54) is 14.0 Å². The van der Waals surface area contributed by atoms with E-state index >= 15 is 0 Å². The van der Waals surface area contributed by atoms with Crippen LogP contribution in [0.2, 0.25) is 0 Å². The number of hydrogen-bond acceptors (Lipinski definition) is 4. The van der Waals surface area contributed by atoms with Gasteiger partial charge in [0.25, 0.3) is 5.91 Å². The maximum absolute atomic E-state index is 12.1. The zero-order chi connectivity index (χ0) is 16.1. The standard InChI is InChI=1S/C16H18N2O4/c1-11(22-16(20)13-8-6-10-18(13)2)15(19)17-12-7-4-5-9-14(12)21-3/h4-11H,1-3H3,(H,17,19)/t11-/m0/s1. The average Bonchev–Trinajstić information content (AvgIpc) is 2.93. The number of anilines is 1. The Morgan fingerprint density at radius 2 is 1.91 bits per heavy atom. The summed E-state index contributed by atoms with van der Waals surface area (Å²) >= 11 is 0. The molecule has 6 nitrogen and oxygen atoms in total. The van der Waals surface area contributed by atoms with E-state index in [2.05, 4.69) is 5.32 Å². The van der Waals surface area contributed by atoms with Crippen LogP contribution in [-0.2, 0) is 16.6 Å². The molecule has 0 bridgehead atoms. The van der Waals surface area contributed by atoms with Gasteiger partial charge in [-0.25, -0.2) is 4.79 Å². The van der Waals surface area contributed by atoms with Crippen molar-refractivity contribution >= 4 is 17.6 Å². The highest BCUT2D eigenvalue weighted by Crippen LogP contribution is 2.23. The largest absolute Gasteiger partial charge is 0.495 e. The van der Waals surface area contributed by atoms with Crippen molar-refractivity contribution in [2.75, 3.05) is 12.4 Å². The van der Waals surface area contributed by atoms with Gasteiger partial charge in [-0.3, -0.25) is 4.79 Å². The Balaban J connectivity index is 2.01. The van der Waals surface area contributed by atoms with Crippen LogP contribution in [0, 0.1) is 0 Å². The Bertz CT molecular complexity index is 678. The number of ether oxygens (including phenoxy) is 2. The van der Waals surface area contributed by atoms with E-state index in [4.69, 9.17) is 9.47 Å². The number of amides is 1. The summed E-state index contributed by atoms with van der Waals surface area (Å²) in [5.74, 6) is -0.431. The van der Waals surface area contributed by atoms with Crippen molar-refractivity contribution in [2.24, 2.45) is 7.05 Å². The molecule has 2 rings (SSSR count). The monoisotopic (exact) mass is 302 g/mol. The number of rotatable bonds is 5. The lowest BCUT2D eigenvalue weighted by atomic mass is 10.2. The molecule has 116 valence electrons. The lowest BCUT2D eigenvalue weighted by Gasteiger charge is -2.15. The molecule has 0 aliphatic carbocycles. The molecule has 1 atom stereocenters. The van der Waals surface area contributed by atoms with Gasteiger partial charge in [0.1, 0.15) is 11.4 Å². The third-order valence-corrected chi connectivity index (χ3v) is 3.17. The Morgan fingerprint density at radius 1 is 1.18 bits per heavy atom. The number of hydrogen-bond donors (Lipinski definition) is 1. The topological polar surface area (TPSA) is 69.6 Å². The van der Waals surface area contributed by atoms with Crippen molar-refractivity contribution in [2.45, 2.75) is 13.0 Å².